The van der Waals surface area contributed by atoms with Gasteiger partial charge < -0.3 is 21.0 Å². The summed E-state index contributed by atoms with van der Waals surface area (Å²) in [5.41, 5.74) is 12.8. The van der Waals surface area contributed by atoms with Crippen molar-refractivity contribution in [1.82, 2.24) is 9.91 Å². The lowest BCUT2D eigenvalue weighted by Gasteiger charge is -2.30. The Morgan fingerprint density at radius 2 is 1.73 bits per heavy atom. The summed E-state index contributed by atoms with van der Waals surface area (Å²) in [4.78, 5) is 2.41. The molecule has 2 heterocycles. The standard InChI is InChI=1S/C24H32ClN5/c1-16(26)24-21-8-3-18(17-9-12-29(2)13-10-17)15-22(21)23(11-14-30(24)27)28-20-6-4-19(25)5-7-20/h3-8,15,17,23,28H,9-14,26-27H2,1-2H3/b24-16-. The van der Waals surface area contributed by atoms with Gasteiger partial charge in [0.15, 0.2) is 0 Å². The van der Waals surface area contributed by atoms with Gasteiger partial charge >= 0.3 is 0 Å². The van der Waals surface area contributed by atoms with Gasteiger partial charge in [-0.15, -0.1) is 0 Å². The predicted molar refractivity (Wildman–Crippen MR) is 126 cm³/mol. The minimum atomic E-state index is 0.148. The third kappa shape index (κ3) is 4.43. The summed E-state index contributed by atoms with van der Waals surface area (Å²) in [6.45, 7) is 4.96. The van der Waals surface area contributed by atoms with Gasteiger partial charge in [-0.3, -0.25) is 0 Å². The molecule has 2 aromatic rings. The summed E-state index contributed by atoms with van der Waals surface area (Å²) < 4.78 is 0. The first-order chi connectivity index (χ1) is 14.4. The number of hydrazine groups is 1. The van der Waals surface area contributed by atoms with Crippen molar-refractivity contribution in [3.05, 3.63) is 69.9 Å². The van der Waals surface area contributed by atoms with Gasteiger partial charge in [-0.2, -0.15) is 0 Å². The molecule has 0 amide bonds. The Kier molecular flexibility index (Phi) is 6.23. The highest BCUT2D eigenvalue weighted by atomic mass is 35.5. The van der Waals surface area contributed by atoms with E-state index in [-0.39, 0.29) is 6.04 Å². The largest absolute Gasteiger partial charge is 0.401 e. The van der Waals surface area contributed by atoms with E-state index in [1.54, 1.807) is 5.01 Å². The molecule has 0 spiro atoms. The van der Waals surface area contributed by atoms with Crippen LogP contribution in [0.5, 0.6) is 0 Å². The second-order valence-corrected chi connectivity index (χ2v) is 9.08. The molecular weight excluding hydrogens is 394 g/mol. The van der Waals surface area contributed by atoms with Crippen LogP contribution in [0.1, 0.15) is 54.8 Å². The number of allylic oxidation sites excluding steroid dienone is 1. The Morgan fingerprint density at radius 3 is 2.40 bits per heavy atom. The van der Waals surface area contributed by atoms with E-state index >= 15 is 0 Å². The maximum atomic E-state index is 6.41. The fourth-order valence-corrected chi connectivity index (χ4v) is 4.83. The predicted octanol–water partition coefficient (Wildman–Crippen LogP) is 4.53. The van der Waals surface area contributed by atoms with E-state index in [1.165, 1.54) is 24.0 Å². The van der Waals surface area contributed by atoms with Gasteiger partial charge in [0.05, 0.1) is 11.7 Å². The number of nitrogens with two attached hydrogens (primary N) is 2. The van der Waals surface area contributed by atoms with Gasteiger partial charge in [0.1, 0.15) is 0 Å². The van der Waals surface area contributed by atoms with Crippen molar-refractivity contribution in [2.45, 2.75) is 38.1 Å². The molecule has 1 saturated heterocycles. The SMILES string of the molecule is C/C(N)=C1\c2ccc(C3CCN(C)CC3)cc2C(Nc2ccc(Cl)cc2)CCN1N. The third-order valence-electron chi connectivity index (χ3n) is 6.40. The number of hydrogen-bond donors (Lipinski definition) is 3. The molecule has 6 heteroatoms. The highest BCUT2D eigenvalue weighted by Crippen LogP contribution is 2.38. The first-order valence-corrected chi connectivity index (χ1v) is 11.1. The van der Waals surface area contributed by atoms with Crippen molar-refractivity contribution in [1.29, 1.82) is 0 Å². The van der Waals surface area contributed by atoms with Crippen LogP contribution in [0, 0.1) is 0 Å². The average Bonchev–Trinajstić information content (AvgIpc) is 2.86. The molecule has 0 radical (unpaired) electrons. The molecule has 2 aliphatic heterocycles. The normalized spacial score (nSPS) is 22.4. The number of rotatable bonds is 3. The molecule has 1 unspecified atom stereocenters. The molecule has 2 aromatic carbocycles. The lowest BCUT2D eigenvalue weighted by molar-refractivity contribution is 0.255. The number of halogens is 1. The Balaban J connectivity index is 1.73. The Labute approximate surface area is 184 Å². The molecule has 1 fully saturated rings. The highest BCUT2D eigenvalue weighted by Gasteiger charge is 2.27. The minimum absolute atomic E-state index is 0.148. The number of nitrogens with one attached hydrogen (secondary N) is 1. The van der Waals surface area contributed by atoms with Crippen molar-refractivity contribution in [3.63, 3.8) is 0 Å². The summed E-state index contributed by atoms with van der Waals surface area (Å²) in [6, 6.07) is 14.9. The van der Waals surface area contributed by atoms with E-state index in [1.807, 2.05) is 31.2 Å². The van der Waals surface area contributed by atoms with E-state index in [9.17, 15) is 0 Å². The molecule has 5 N–H and O–H groups in total. The maximum Gasteiger partial charge on any atom is 0.0777 e. The molecule has 160 valence electrons. The molecule has 0 saturated carbocycles. The molecule has 0 aromatic heterocycles. The number of likely N-dealkylation sites (tertiary alicyclic amines) is 1. The smallest absolute Gasteiger partial charge is 0.0777 e. The summed E-state index contributed by atoms with van der Waals surface area (Å²) in [7, 11) is 2.20. The third-order valence-corrected chi connectivity index (χ3v) is 6.65. The summed E-state index contributed by atoms with van der Waals surface area (Å²) in [5, 5.41) is 6.25. The van der Waals surface area contributed by atoms with Gasteiger partial charge in [0, 0.05) is 28.5 Å². The van der Waals surface area contributed by atoms with Gasteiger partial charge in [0.25, 0.3) is 0 Å². The molecular formula is C24H32ClN5. The average molecular weight is 426 g/mol. The van der Waals surface area contributed by atoms with Crippen LogP contribution in [0.15, 0.2) is 48.2 Å². The van der Waals surface area contributed by atoms with Crippen LogP contribution >= 0.6 is 11.6 Å². The summed E-state index contributed by atoms with van der Waals surface area (Å²) >= 11 is 6.08. The summed E-state index contributed by atoms with van der Waals surface area (Å²) in [6.07, 6.45) is 3.29. The molecule has 0 aliphatic carbocycles. The second-order valence-electron chi connectivity index (χ2n) is 8.64. The lowest BCUT2D eigenvalue weighted by Crippen LogP contribution is -2.31. The van der Waals surface area contributed by atoms with Crippen molar-refractivity contribution in [2.75, 3.05) is 32.0 Å². The fourth-order valence-electron chi connectivity index (χ4n) is 4.71. The maximum absolute atomic E-state index is 6.41. The zero-order valence-electron chi connectivity index (χ0n) is 17.9. The second kappa shape index (κ2) is 8.88. The van der Waals surface area contributed by atoms with E-state index < -0.39 is 0 Å². The first kappa shape index (κ1) is 21.0. The van der Waals surface area contributed by atoms with Crippen LogP contribution in [-0.2, 0) is 0 Å². The minimum Gasteiger partial charge on any atom is -0.401 e. The quantitative estimate of drug-likeness (QED) is 0.630. The van der Waals surface area contributed by atoms with Gasteiger partial charge in [-0.05, 0) is 87.6 Å². The van der Waals surface area contributed by atoms with Crippen LogP contribution < -0.4 is 16.9 Å². The Morgan fingerprint density at radius 1 is 1.03 bits per heavy atom. The van der Waals surface area contributed by atoms with Crippen LogP contribution in [0.3, 0.4) is 0 Å². The molecule has 30 heavy (non-hydrogen) atoms. The molecule has 5 nitrogen and oxygen atoms in total. The molecule has 4 rings (SSSR count). The van der Waals surface area contributed by atoms with E-state index in [4.69, 9.17) is 23.2 Å². The van der Waals surface area contributed by atoms with Crippen molar-refractivity contribution >= 4 is 23.0 Å². The molecule has 2 aliphatic rings. The highest BCUT2D eigenvalue weighted by molar-refractivity contribution is 6.30. The number of anilines is 1. The van der Waals surface area contributed by atoms with Gasteiger partial charge in [-0.25, -0.2) is 5.84 Å². The topological polar surface area (TPSA) is 70.5 Å². The number of hydrogen-bond acceptors (Lipinski definition) is 5. The zero-order valence-corrected chi connectivity index (χ0v) is 18.6. The van der Waals surface area contributed by atoms with Crippen molar-refractivity contribution in [2.24, 2.45) is 11.6 Å². The lowest BCUT2D eigenvalue weighted by atomic mass is 9.85. The van der Waals surface area contributed by atoms with Crippen LogP contribution in [0.2, 0.25) is 5.02 Å². The van der Waals surface area contributed by atoms with Crippen molar-refractivity contribution in [3.8, 4) is 0 Å². The van der Waals surface area contributed by atoms with Gasteiger partial charge in [0.2, 0.25) is 0 Å². The van der Waals surface area contributed by atoms with Crippen LogP contribution in [0.4, 0.5) is 5.69 Å². The zero-order chi connectivity index (χ0) is 21.3. The fraction of sp³-hybridized carbons (Fsp3) is 0.417. The van der Waals surface area contributed by atoms with E-state index in [2.05, 4.69) is 35.5 Å². The van der Waals surface area contributed by atoms with E-state index in [0.717, 1.165) is 53.7 Å². The van der Waals surface area contributed by atoms with E-state index in [0.29, 0.717) is 5.92 Å². The molecule has 0 bridgehead atoms. The van der Waals surface area contributed by atoms with Gasteiger partial charge in [-0.1, -0.05) is 29.8 Å². The van der Waals surface area contributed by atoms with Crippen molar-refractivity contribution < 1.29 is 0 Å². The summed E-state index contributed by atoms with van der Waals surface area (Å²) in [5.74, 6) is 7.01. The van der Waals surface area contributed by atoms with Crippen LogP contribution in [0.25, 0.3) is 5.70 Å². The Bertz CT molecular complexity index is 912. The number of nitrogens with zero attached hydrogens (tertiary/aromatic N) is 2. The van der Waals surface area contributed by atoms with Crippen LogP contribution in [-0.4, -0.2) is 36.6 Å². The molecule has 1 atom stereocenters. The Hall–Kier alpha value is -2.21. The first-order valence-electron chi connectivity index (χ1n) is 10.8. The number of benzene rings is 2. The monoisotopic (exact) mass is 425 g/mol. The number of fused-ring (bicyclic) bond motifs is 1. The number of piperidine rings is 1.